The van der Waals surface area contributed by atoms with Gasteiger partial charge in [-0.3, -0.25) is 0 Å². The van der Waals surface area contributed by atoms with E-state index in [-0.39, 0.29) is 5.97 Å². The van der Waals surface area contributed by atoms with Gasteiger partial charge in [0.25, 0.3) is 0 Å². The fourth-order valence-corrected chi connectivity index (χ4v) is 7.01. The molecule has 20 heavy (non-hydrogen) atoms. The number of unbranched alkanes of at least 4 members (excludes halogenated alkanes) is 3. The van der Waals surface area contributed by atoms with E-state index in [4.69, 9.17) is 12.3 Å². The summed E-state index contributed by atoms with van der Waals surface area (Å²) in [5.74, 6) is -0.384. The molecule has 0 amide bonds. The van der Waals surface area contributed by atoms with Gasteiger partial charge in [0.1, 0.15) is 0 Å². The first-order chi connectivity index (χ1) is 9.60. The molecule has 0 bridgehead atoms. The number of hydrogen-bond donors (Lipinski definition) is 0. The second-order valence-electron chi connectivity index (χ2n) is 4.70. The van der Waals surface area contributed by atoms with E-state index in [1.165, 1.54) is 6.92 Å². The van der Waals surface area contributed by atoms with Gasteiger partial charge in [-0.15, -0.1) is 0 Å². The van der Waals surface area contributed by atoms with Crippen LogP contribution in [0.3, 0.4) is 0 Å². The Morgan fingerprint density at radius 3 is 1.40 bits per heavy atom. The average molecular weight is 397 g/mol. The zero-order valence-corrected chi connectivity index (χ0v) is 16.3. The van der Waals surface area contributed by atoms with Crippen molar-refractivity contribution in [3.63, 3.8) is 0 Å². The molecule has 0 aliphatic heterocycles. The molecule has 0 saturated carbocycles. The van der Waals surface area contributed by atoms with Crippen molar-refractivity contribution >= 4 is 26.0 Å². The first-order valence-corrected chi connectivity index (χ1v) is 12.4. The van der Waals surface area contributed by atoms with Gasteiger partial charge in [-0.1, -0.05) is 0 Å². The Bertz CT molecular complexity index is 221. The molecule has 120 valence electrons. The summed E-state index contributed by atoms with van der Waals surface area (Å²) in [6.07, 6.45) is 5.79. The van der Waals surface area contributed by atoms with E-state index in [0.29, 0.717) is 19.8 Å². The summed E-state index contributed by atoms with van der Waals surface area (Å²) in [5.41, 5.74) is 0. The van der Waals surface area contributed by atoms with Crippen LogP contribution in [0, 0.1) is 0 Å². The first-order valence-electron chi connectivity index (χ1n) is 7.71. The Morgan fingerprint density at radius 2 is 1.15 bits per heavy atom. The fourth-order valence-electron chi connectivity index (χ4n) is 1.41. The summed E-state index contributed by atoms with van der Waals surface area (Å²) < 4.78 is 22.8. The zero-order chi connectivity index (χ0) is 15.3. The van der Waals surface area contributed by atoms with Crippen molar-refractivity contribution < 1.29 is 17.1 Å². The molecule has 0 fully saturated rings. The van der Waals surface area contributed by atoms with Crippen molar-refractivity contribution in [1.29, 1.82) is 0 Å². The zero-order valence-electron chi connectivity index (χ0n) is 13.4. The van der Waals surface area contributed by atoms with E-state index in [1.54, 1.807) is 0 Å². The van der Waals surface area contributed by atoms with Gasteiger partial charge in [0, 0.05) is 0 Å². The van der Waals surface area contributed by atoms with Crippen molar-refractivity contribution in [1.82, 2.24) is 0 Å². The fraction of sp³-hybridized carbons (Fsp3) is 0.929. The third-order valence-electron chi connectivity index (χ3n) is 2.60. The van der Waals surface area contributed by atoms with Crippen LogP contribution in [0.25, 0.3) is 0 Å². The second-order valence-corrected chi connectivity index (χ2v) is 10.6. The van der Waals surface area contributed by atoms with Crippen LogP contribution in [-0.2, 0) is 17.1 Å². The van der Waals surface area contributed by atoms with Crippen molar-refractivity contribution in [2.45, 2.75) is 66.2 Å². The van der Waals surface area contributed by atoms with Crippen molar-refractivity contribution in [3.8, 4) is 0 Å². The van der Waals surface area contributed by atoms with Crippen molar-refractivity contribution in [3.05, 3.63) is 0 Å². The summed E-state index contributed by atoms with van der Waals surface area (Å²) in [7, 11) is 0. The van der Waals surface area contributed by atoms with Gasteiger partial charge in [-0.05, 0) is 0 Å². The van der Waals surface area contributed by atoms with Gasteiger partial charge >= 0.3 is 129 Å². The van der Waals surface area contributed by atoms with Crippen molar-refractivity contribution in [2.24, 2.45) is 0 Å². The van der Waals surface area contributed by atoms with Gasteiger partial charge in [0.2, 0.25) is 0 Å². The Balaban J connectivity index is 4.61. The van der Waals surface area contributed by atoms with Crippen LogP contribution < -0.4 is 0 Å². The van der Waals surface area contributed by atoms with Crippen LogP contribution in [-0.4, -0.2) is 45.8 Å². The summed E-state index contributed by atoms with van der Waals surface area (Å²) in [6, 6.07) is 0. The van der Waals surface area contributed by atoms with Gasteiger partial charge in [0.15, 0.2) is 0 Å². The van der Waals surface area contributed by atoms with Crippen LogP contribution in [0.2, 0.25) is 0 Å². The monoisotopic (exact) mass is 398 g/mol. The molecular formula is C14H30O5Sn. The minimum atomic E-state index is -4.16. The van der Waals surface area contributed by atoms with E-state index in [0.717, 1.165) is 38.5 Å². The molecule has 0 unspecified atom stereocenters. The Morgan fingerprint density at radius 1 is 0.800 bits per heavy atom. The number of carbonyl (C=O) groups is 1. The maximum absolute atomic E-state index is 11.3. The summed E-state index contributed by atoms with van der Waals surface area (Å²) in [6.45, 7) is 9.21. The predicted molar refractivity (Wildman–Crippen MR) is 80.1 cm³/mol. The van der Waals surface area contributed by atoms with E-state index in [9.17, 15) is 4.79 Å². The van der Waals surface area contributed by atoms with Gasteiger partial charge < -0.3 is 0 Å². The van der Waals surface area contributed by atoms with E-state index in [1.807, 2.05) is 0 Å². The number of hydrogen-bond acceptors (Lipinski definition) is 5. The predicted octanol–water partition coefficient (Wildman–Crippen LogP) is 3.44. The molecule has 0 heterocycles. The second kappa shape index (κ2) is 12.9. The first kappa shape index (κ1) is 20.1. The van der Waals surface area contributed by atoms with Crippen LogP contribution >= 0.6 is 0 Å². The molecule has 0 aliphatic carbocycles. The summed E-state index contributed by atoms with van der Waals surface area (Å²) >= 11 is -4.16. The van der Waals surface area contributed by atoms with Gasteiger partial charge in [0.05, 0.1) is 0 Å². The average Bonchev–Trinajstić information content (AvgIpc) is 2.39. The Labute approximate surface area is 129 Å². The van der Waals surface area contributed by atoms with Crippen LogP contribution in [0.15, 0.2) is 0 Å². The molecule has 0 aromatic carbocycles. The molecule has 6 heteroatoms. The quantitative estimate of drug-likeness (QED) is 0.352. The molecule has 0 spiro atoms. The van der Waals surface area contributed by atoms with E-state index < -0.39 is 20.0 Å². The Hall–Kier alpha value is 0.149. The number of carbonyl (C=O) groups excluding carboxylic acids is 1. The summed E-state index contributed by atoms with van der Waals surface area (Å²) in [4.78, 5) is 11.3. The molecule has 0 aliphatic rings. The van der Waals surface area contributed by atoms with Gasteiger partial charge in [-0.25, -0.2) is 0 Å². The molecule has 0 radical (unpaired) electrons. The third kappa shape index (κ3) is 9.96. The normalized spacial score (nSPS) is 11.6. The Kier molecular flexibility index (Phi) is 13.0. The molecule has 0 rings (SSSR count). The molecule has 0 atom stereocenters. The molecule has 0 aromatic heterocycles. The maximum atomic E-state index is 11.3. The molecule has 5 nitrogen and oxygen atoms in total. The van der Waals surface area contributed by atoms with Crippen molar-refractivity contribution in [2.75, 3.05) is 19.8 Å². The SMILES string of the molecule is CCCC[O][Sn]([O]CCCC)([O]CCCC)[O]C(C)=O. The topological polar surface area (TPSA) is 54.0 Å². The summed E-state index contributed by atoms with van der Waals surface area (Å²) in [5, 5.41) is 0. The van der Waals surface area contributed by atoms with Crippen LogP contribution in [0.4, 0.5) is 0 Å². The van der Waals surface area contributed by atoms with E-state index >= 15 is 0 Å². The standard InChI is InChI=1S/3C4H9O.C2H4O2.Sn/c3*1-2-3-4-5;1-2(3)4;/h3*2-4H2,1H3;1H3,(H,3,4);/q3*-1;;+4/p-1. The molecular weight excluding hydrogens is 367 g/mol. The third-order valence-corrected chi connectivity index (χ3v) is 8.91. The van der Waals surface area contributed by atoms with Gasteiger partial charge in [-0.2, -0.15) is 0 Å². The molecule has 0 aromatic rings. The van der Waals surface area contributed by atoms with Crippen LogP contribution in [0.5, 0.6) is 0 Å². The number of rotatable bonds is 13. The van der Waals surface area contributed by atoms with E-state index in [2.05, 4.69) is 20.8 Å². The minimum absolute atomic E-state index is 0.384. The van der Waals surface area contributed by atoms with Crippen LogP contribution in [0.1, 0.15) is 66.2 Å². The molecule has 0 N–H and O–H groups in total. The molecule has 0 saturated heterocycles.